The fourth-order valence-electron chi connectivity index (χ4n) is 6.38. The van der Waals surface area contributed by atoms with Crippen LogP contribution in [0.25, 0.3) is 6.08 Å². The SMILES string of the molecule is COc1cccc(/C=C/C23OCCN2c2ccc(CCNC(=O)C[CH2][Al])cc2C32CCCCC2)c1. The van der Waals surface area contributed by atoms with E-state index >= 15 is 0 Å². The third kappa shape index (κ3) is 4.42. The number of fused-ring (bicyclic) bond motifs is 5. The van der Waals surface area contributed by atoms with E-state index in [2.05, 4.69) is 69.0 Å². The van der Waals surface area contributed by atoms with E-state index in [-0.39, 0.29) is 11.3 Å². The predicted octanol–water partition coefficient (Wildman–Crippen LogP) is 4.79. The van der Waals surface area contributed by atoms with Crippen molar-refractivity contribution >= 4 is 34.0 Å². The molecule has 1 spiro atoms. The monoisotopic (exact) mass is 486 g/mol. The van der Waals surface area contributed by atoms with Crippen LogP contribution in [0, 0.1) is 0 Å². The molecule has 6 heteroatoms. The van der Waals surface area contributed by atoms with Crippen LogP contribution in [0.5, 0.6) is 5.75 Å². The molecule has 1 aliphatic carbocycles. The molecular weight excluding hydrogens is 451 g/mol. The number of amides is 1. The van der Waals surface area contributed by atoms with Gasteiger partial charge in [-0.25, -0.2) is 0 Å². The summed E-state index contributed by atoms with van der Waals surface area (Å²) in [5, 5.41) is 3.86. The Bertz CT molecular complexity index is 1100. The van der Waals surface area contributed by atoms with Crippen molar-refractivity contribution in [1.29, 1.82) is 0 Å². The van der Waals surface area contributed by atoms with Crippen molar-refractivity contribution in [2.24, 2.45) is 0 Å². The Morgan fingerprint density at radius 3 is 2.86 bits per heavy atom. The van der Waals surface area contributed by atoms with Crippen LogP contribution >= 0.6 is 0 Å². The fraction of sp³-hybridized carbons (Fsp3) is 0.483. The molecule has 182 valence electrons. The second kappa shape index (κ2) is 10.4. The van der Waals surface area contributed by atoms with Crippen molar-refractivity contribution in [2.45, 2.75) is 61.4 Å². The number of benzene rings is 2. The summed E-state index contributed by atoms with van der Waals surface area (Å²) in [6, 6.07) is 15.1. The summed E-state index contributed by atoms with van der Waals surface area (Å²) in [5.41, 5.74) is 4.65. The minimum absolute atomic E-state index is 0.0505. The minimum atomic E-state index is -0.454. The van der Waals surface area contributed by atoms with Crippen molar-refractivity contribution in [1.82, 2.24) is 5.32 Å². The molecule has 0 aromatic heterocycles. The highest BCUT2D eigenvalue weighted by atomic mass is 27.0. The van der Waals surface area contributed by atoms with E-state index in [0.717, 1.165) is 49.0 Å². The van der Waals surface area contributed by atoms with E-state index < -0.39 is 5.72 Å². The number of hydrogen-bond donors (Lipinski definition) is 1. The van der Waals surface area contributed by atoms with E-state index in [1.165, 1.54) is 36.1 Å². The lowest BCUT2D eigenvalue weighted by molar-refractivity contribution is -0.120. The van der Waals surface area contributed by atoms with Crippen molar-refractivity contribution in [2.75, 3.05) is 31.7 Å². The van der Waals surface area contributed by atoms with E-state index in [9.17, 15) is 4.79 Å². The summed E-state index contributed by atoms with van der Waals surface area (Å²) in [6.07, 6.45) is 11.9. The molecule has 1 saturated carbocycles. The molecule has 1 unspecified atom stereocenters. The van der Waals surface area contributed by atoms with E-state index in [4.69, 9.17) is 9.47 Å². The van der Waals surface area contributed by atoms with Crippen LogP contribution in [-0.4, -0.2) is 54.7 Å². The van der Waals surface area contributed by atoms with Gasteiger partial charge in [-0.05, 0) is 60.2 Å². The molecule has 1 N–H and O–H groups in total. The van der Waals surface area contributed by atoms with Gasteiger partial charge >= 0.3 is 0 Å². The first-order chi connectivity index (χ1) is 17.1. The van der Waals surface area contributed by atoms with Gasteiger partial charge in [0.2, 0.25) is 5.91 Å². The molecule has 2 aromatic carbocycles. The molecule has 35 heavy (non-hydrogen) atoms. The number of rotatable bonds is 8. The lowest BCUT2D eigenvalue weighted by Gasteiger charge is -2.46. The number of anilines is 1. The summed E-state index contributed by atoms with van der Waals surface area (Å²) < 4.78 is 12.2. The molecule has 2 fully saturated rings. The van der Waals surface area contributed by atoms with Gasteiger partial charge in [0.05, 0.1) is 13.7 Å². The first-order valence-corrected chi connectivity index (χ1v) is 13.8. The standard InChI is InChI=1S/C29H35N2O3.Al/c1-3-27(32)30-17-13-23-10-11-26-25(21-23)28(14-5-4-6-15-28)29(31(26)18-19-34-29)16-12-22-8-7-9-24(20-22)33-2;/h7-12,16,20-21H,1,3-6,13-15,17-19H2,2H3,(H,30,32);/b16-12+;. The Labute approximate surface area is 217 Å². The van der Waals surface area contributed by atoms with Crippen LogP contribution in [-0.2, 0) is 21.4 Å². The van der Waals surface area contributed by atoms with Crippen molar-refractivity contribution in [3.05, 3.63) is 65.2 Å². The van der Waals surface area contributed by atoms with Crippen LogP contribution in [0.1, 0.15) is 55.2 Å². The number of carbonyl (C=O) groups is 1. The first kappa shape index (κ1) is 24.4. The van der Waals surface area contributed by atoms with Crippen molar-refractivity contribution in [3.8, 4) is 5.75 Å². The molecule has 1 amide bonds. The molecule has 1 saturated heterocycles. The Balaban J connectivity index is 1.48. The normalized spacial score (nSPS) is 22.4. The van der Waals surface area contributed by atoms with E-state index in [1.54, 1.807) is 7.11 Å². The van der Waals surface area contributed by atoms with Gasteiger partial charge in [0, 0.05) is 30.6 Å². The van der Waals surface area contributed by atoms with Crippen LogP contribution in [0.2, 0.25) is 5.28 Å². The van der Waals surface area contributed by atoms with Gasteiger partial charge in [-0.2, -0.15) is 0 Å². The molecule has 3 aliphatic rings. The first-order valence-electron chi connectivity index (χ1n) is 13.0. The Morgan fingerprint density at radius 1 is 1.20 bits per heavy atom. The molecule has 2 radical (unpaired) electrons. The highest BCUT2D eigenvalue weighted by molar-refractivity contribution is 6.09. The maximum Gasteiger partial charge on any atom is 0.218 e. The maximum atomic E-state index is 11.9. The van der Waals surface area contributed by atoms with Crippen LogP contribution in [0.4, 0.5) is 5.69 Å². The quantitative estimate of drug-likeness (QED) is 0.545. The lowest BCUT2D eigenvalue weighted by Crippen LogP contribution is -2.55. The Kier molecular flexibility index (Phi) is 7.25. The Morgan fingerprint density at radius 2 is 2.06 bits per heavy atom. The van der Waals surface area contributed by atoms with Gasteiger partial charge < -0.3 is 19.7 Å². The van der Waals surface area contributed by atoms with Crippen molar-refractivity contribution in [3.63, 3.8) is 0 Å². The summed E-state index contributed by atoms with van der Waals surface area (Å²) in [4.78, 5) is 14.4. The second-order valence-corrected chi connectivity index (χ2v) is 10.5. The zero-order chi connectivity index (χ0) is 24.3. The highest BCUT2D eigenvalue weighted by Gasteiger charge is 2.63. The minimum Gasteiger partial charge on any atom is -0.497 e. The third-order valence-corrected chi connectivity index (χ3v) is 8.29. The number of nitrogens with zero attached hydrogens (tertiary/aromatic N) is 1. The molecule has 5 nitrogen and oxygen atoms in total. The van der Waals surface area contributed by atoms with E-state index in [0.29, 0.717) is 13.0 Å². The lowest BCUT2D eigenvalue weighted by atomic mass is 9.64. The third-order valence-electron chi connectivity index (χ3n) is 8.00. The Hall–Kier alpha value is -2.26. The second-order valence-electron chi connectivity index (χ2n) is 9.94. The number of methoxy groups -OCH3 is 1. The van der Waals surface area contributed by atoms with Gasteiger partial charge in [0.1, 0.15) is 22.0 Å². The molecular formula is C29H35AlN2O3. The summed E-state index contributed by atoms with van der Waals surface area (Å²) >= 11 is 2.61. The number of hydrogen-bond acceptors (Lipinski definition) is 4. The van der Waals surface area contributed by atoms with Crippen LogP contribution in [0.3, 0.4) is 0 Å². The smallest absolute Gasteiger partial charge is 0.218 e. The van der Waals surface area contributed by atoms with Crippen molar-refractivity contribution < 1.29 is 14.3 Å². The molecule has 0 bridgehead atoms. The van der Waals surface area contributed by atoms with E-state index in [1.807, 2.05) is 12.1 Å². The summed E-state index contributed by atoms with van der Waals surface area (Å²) in [5.74, 6) is 0.992. The fourth-order valence-corrected chi connectivity index (χ4v) is 6.65. The highest BCUT2D eigenvalue weighted by Crippen LogP contribution is 2.61. The predicted molar refractivity (Wildman–Crippen MR) is 141 cm³/mol. The maximum absolute atomic E-state index is 11.9. The largest absolute Gasteiger partial charge is 0.497 e. The average molecular weight is 487 g/mol. The molecule has 1 atom stereocenters. The number of ether oxygens (including phenoxy) is 2. The number of carbonyl (C=O) groups excluding carboxylic acids is 1. The van der Waals surface area contributed by atoms with Gasteiger partial charge in [-0.1, -0.05) is 49.6 Å². The van der Waals surface area contributed by atoms with Gasteiger partial charge in [-0.15, -0.1) is 5.28 Å². The molecule has 2 aliphatic heterocycles. The number of nitrogens with one attached hydrogen (secondary N) is 1. The molecule has 2 heterocycles. The zero-order valence-electron chi connectivity index (χ0n) is 20.7. The average Bonchev–Trinajstić information content (AvgIpc) is 3.40. The van der Waals surface area contributed by atoms with Gasteiger partial charge in [-0.3, -0.25) is 4.79 Å². The zero-order valence-corrected chi connectivity index (χ0v) is 21.9. The van der Waals surface area contributed by atoms with Gasteiger partial charge in [0.15, 0.2) is 5.72 Å². The topological polar surface area (TPSA) is 50.8 Å². The van der Waals surface area contributed by atoms with Crippen LogP contribution < -0.4 is 15.0 Å². The summed E-state index contributed by atoms with van der Waals surface area (Å²) in [6.45, 7) is 2.32. The molecule has 5 rings (SSSR count). The van der Waals surface area contributed by atoms with Crippen LogP contribution in [0.15, 0.2) is 48.5 Å². The molecule has 2 aromatic rings. The summed E-state index contributed by atoms with van der Waals surface area (Å²) in [7, 11) is 1.71. The van der Waals surface area contributed by atoms with Gasteiger partial charge in [0.25, 0.3) is 0 Å².